The zero-order chi connectivity index (χ0) is 19.8. The number of benzene rings is 2. The highest BCUT2D eigenvalue weighted by molar-refractivity contribution is 6.06. The number of aromatic nitrogens is 1. The van der Waals surface area contributed by atoms with Gasteiger partial charge in [0.15, 0.2) is 0 Å². The second-order valence-corrected chi connectivity index (χ2v) is 6.64. The molecular weight excluding hydrogens is 346 g/mol. The molecule has 0 spiro atoms. The smallest absolute Gasteiger partial charge is 0.252 e. The molecule has 144 valence electrons. The SMILES string of the molecule is CCN(CC)CCNC(=O)c1cc(/C=C/c2ccccc2)nc2ccccc12. The Balaban J connectivity index is 1.84. The van der Waals surface area contributed by atoms with Gasteiger partial charge in [-0.1, -0.05) is 68.5 Å². The van der Waals surface area contributed by atoms with Crippen LogP contribution in [0.4, 0.5) is 0 Å². The van der Waals surface area contributed by atoms with Crippen LogP contribution in [-0.2, 0) is 0 Å². The molecule has 0 aliphatic rings. The molecule has 0 radical (unpaired) electrons. The predicted molar refractivity (Wildman–Crippen MR) is 117 cm³/mol. The number of hydrogen-bond acceptors (Lipinski definition) is 3. The molecule has 4 heteroatoms. The van der Waals surface area contributed by atoms with E-state index >= 15 is 0 Å². The van der Waals surface area contributed by atoms with E-state index in [1.165, 1.54) is 0 Å². The minimum absolute atomic E-state index is 0.0554. The van der Waals surface area contributed by atoms with Crippen molar-refractivity contribution in [2.45, 2.75) is 13.8 Å². The fourth-order valence-electron chi connectivity index (χ4n) is 3.18. The number of carbonyl (C=O) groups excluding carboxylic acids is 1. The van der Waals surface area contributed by atoms with Gasteiger partial charge in [0, 0.05) is 18.5 Å². The average molecular weight is 374 g/mol. The Bertz CT molecular complexity index is 946. The van der Waals surface area contributed by atoms with Crippen LogP contribution in [0.3, 0.4) is 0 Å². The first kappa shape index (κ1) is 19.8. The van der Waals surface area contributed by atoms with Crippen molar-refractivity contribution in [3.8, 4) is 0 Å². The number of nitrogens with zero attached hydrogens (tertiary/aromatic N) is 2. The molecule has 1 heterocycles. The van der Waals surface area contributed by atoms with Crippen molar-refractivity contribution < 1.29 is 4.79 Å². The van der Waals surface area contributed by atoms with Gasteiger partial charge in [0.1, 0.15) is 0 Å². The van der Waals surface area contributed by atoms with Gasteiger partial charge in [-0.25, -0.2) is 4.98 Å². The summed E-state index contributed by atoms with van der Waals surface area (Å²) in [4.78, 5) is 19.8. The first-order valence-electron chi connectivity index (χ1n) is 9.84. The largest absolute Gasteiger partial charge is 0.351 e. The Labute approximate surface area is 166 Å². The number of pyridine rings is 1. The lowest BCUT2D eigenvalue weighted by Crippen LogP contribution is -2.34. The lowest BCUT2D eigenvalue weighted by atomic mass is 10.1. The van der Waals surface area contributed by atoms with Gasteiger partial charge in [0.25, 0.3) is 5.91 Å². The molecule has 2 aromatic carbocycles. The molecule has 0 fully saturated rings. The molecule has 1 amide bonds. The zero-order valence-electron chi connectivity index (χ0n) is 16.6. The van der Waals surface area contributed by atoms with Gasteiger partial charge in [0.05, 0.1) is 16.8 Å². The fraction of sp³-hybridized carbons (Fsp3) is 0.250. The van der Waals surface area contributed by atoms with Crippen LogP contribution in [0, 0.1) is 0 Å². The molecular formula is C24H27N3O. The van der Waals surface area contributed by atoms with Crippen molar-refractivity contribution in [3.63, 3.8) is 0 Å². The summed E-state index contributed by atoms with van der Waals surface area (Å²) in [6.45, 7) is 7.72. The average Bonchev–Trinajstić information content (AvgIpc) is 2.75. The summed E-state index contributed by atoms with van der Waals surface area (Å²) in [6.07, 6.45) is 3.97. The summed E-state index contributed by atoms with van der Waals surface area (Å²) in [5.74, 6) is -0.0554. The summed E-state index contributed by atoms with van der Waals surface area (Å²) in [5, 5.41) is 3.93. The van der Waals surface area contributed by atoms with Crippen molar-refractivity contribution in [3.05, 3.63) is 77.5 Å². The quantitative estimate of drug-likeness (QED) is 0.633. The highest BCUT2D eigenvalue weighted by Gasteiger charge is 2.12. The second-order valence-electron chi connectivity index (χ2n) is 6.64. The lowest BCUT2D eigenvalue weighted by molar-refractivity contribution is 0.0950. The Morgan fingerprint density at radius 1 is 1.00 bits per heavy atom. The van der Waals surface area contributed by atoms with Crippen molar-refractivity contribution >= 4 is 29.0 Å². The molecule has 0 atom stereocenters. The number of hydrogen-bond donors (Lipinski definition) is 1. The number of para-hydroxylation sites is 1. The van der Waals surface area contributed by atoms with E-state index in [-0.39, 0.29) is 5.91 Å². The van der Waals surface area contributed by atoms with E-state index in [0.29, 0.717) is 12.1 Å². The molecule has 3 aromatic rings. The first-order chi connectivity index (χ1) is 13.7. The van der Waals surface area contributed by atoms with Crippen LogP contribution in [0.15, 0.2) is 60.7 Å². The van der Waals surface area contributed by atoms with Gasteiger partial charge in [-0.2, -0.15) is 0 Å². The highest BCUT2D eigenvalue weighted by Crippen LogP contribution is 2.20. The van der Waals surface area contributed by atoms with Crippen LogP contribution >= 0.6 is 0 Å². The topological polar surface area (TPSA) is 45.2 Å². The molecule has 0 saturated carbocycles. The van der Waals surface area contributed by atoms with Gasteiger partial charge >= 0.3 is 0 Å². The second kappa shape index (κ2) is 9.81. The highest BCUT2D eigenvalue weighted by atomic mass is 16.1. The summed E-state index contributed by atoms with van der Waals surface area (Å²) in [6, 6.07) is 19.7. The van der Waals surface area contributed by atoms with Crippen molar-refractivity contribution in [1.29, 1.82) is 0 Å². The summed E-state index contributed by atoms with van der Waals surface area (Å²) >= 11 is 0. The monoisotopic (exact) mass is 373 g/mol. The first-order valence-corrected chi connectivity index (χ1v) is 9.84. The van der Waals surface area contributed by atoms with Gasteiger partial charge in [-0.05, 0) is 36.9 Å². The zero-order valence-corrected chi connectivity index (χ0v) is 16.6. The maximum Gasteiger partial charge on any atom is 0.252 e. The normalized spacial score (nSPS) is 11.4. The molecule has 0 unspecified atom stereocenters. The van der Waals surface area contributed by atoms with E-state index in [1.807, 2.05) is 72.8 Å². The Kier molecular flexibility index (Phi) is 6.93. The van der Waals surface area contributed by atoms with Crippen LogP contribution in [0.25, 0.3) is 23.1 Å². The maximum atomic E-state index is 12.9. The molecule has 1 N–H and O–H groups in total. The molecule has 0 aliphatic carbocycles. The Hall–Kier alpha value is -2.98. The number of nitrogens with one attached hydrogen (secondary N) is 1. The van der Waals surface area contributed by atoms with E-state index in [9.17, 15) is 4.79 Å². The van der Waals surface area contributed by atoms with Crippen molar-refractivity contribution in [2.24, 2.45) is 0 Å². The van der Waals surface area contributed by atoms with Crippen LogP contribution < -0.4 is 5.32 Å². The van der Waals surface area contributed by atoms with Crippen LogP contribution in [0.2, 0.25) is 0 Å². The van der Waals surface area contributed by atoms with Crippen molar-refractivity contribution in [2.75, 3.05) is 26.2 Å². The molecule has 3 rings (SSSR count). The number of amides is 1. The number of fused-ring (bicyclic) bond motifs is 1. The third-order valence-corrected chi connectivity index (χ3v) is 4.83. The van der Waals surface area contributed by atoms with Gasteiger partial charge in [-0.3, -0.25) is 4.79 Å². The van der Waals surface area contributed by atoms with Gasteiger partial charge in [-0.15, -0.1) is 0 Å². The van der Waals surface area contributed by atoms with E-state index < -0.39 is 0 Å². The number of rotatable bonds is 8. The lowest BCUT2D eigenvalue weighted by Gasteiger charge is -2.18. The van der Waals surface area contributed by atoms with E-state index in [4.69, 9.17) is 4.98 Å². The van der Waals surface area contributed by atoms with Crippen LogP contribution in [0.5, 0.6) is 0 Å². The molecule has 0 aliphatic heterocycles. The Morgan fingerprint density at radius 2 is 1.71 bits per heavy atom. The standard InChI is InChI=1S/C24H27N3O/c1-3-27(4-2)17-16-25-24(28)22-18-20(15-14-19-10-6-5-7-11-19)26-23-13-9-8-12-21(22)23/h5-15,18H,3-4,16-17H2,1-2H3,(H,25,28)/b15-14+. The third-order valence-electron chi connectivity index (χ3n) is 4.83. The van der Waals surface area contributed by atoms with Gasteiger partial charge in [0.2, 0.25) is 0 Å². The number of carbonyl (C=O) groups is 1. The van der Waals surface area contributed by atoms with Crippen LogP contribution in [-0.4, -0.2) is 42.0 Å². The maximum absolute atomic E-state index is 12.9. The Morgan fingerprint density at radius 3 is 2.46 bits per heavy atom. The predicted octanol–water partition coefficient (Wildman–Crippen LogP) is 4.48. The van der Waals surface area contributed by atoms with E-state index in [2.05, 4.69) is 24.1 Å². The minimum atomic E-state index is -0.0554. The third kappa shape index (κ3) is 5.05. The number of likely N-dealkylation sites (N-methyl/N-ethyl adjacent to an activating group) is 1. The summed E-state index contributed by atoms with van der Waals surface area (Å²) in [5.41, 5.74) is 3.36. The van der Waals surface area contributed by atoms with Gasteiger partial charge < -0.3 is 10.2 Å². The minimum Gasteiger partial charge on any atom is -0.351 e. The summed E-state index contributed by atoms with van der Waals surface area (Å²) < 4.78 is 0. The van der Waals surface area contributed by atoms with Crippen LogP contribution in [0.1, 0.15) is 35.5 Å². The molecule has 1 aromatic heterocycles. The molecule has 0 saturated heterocycles. The van der Waals surface area contributed by atoms with E-state index in [0.717, 1.165) is 41.8 Å². The molecule has 0 bridgehead atoms. The molecule has 4 nitrogen and oxygen atoms in total. The molecule has 28 heavy (non-hydrogen) atoms. The van der Waals surface area contributed by atoms with Crippen molar-refractivity contribution in [1.82, 2.24) is 15.2 Å². The van der Waals surface area contributed by atoms with E-state index in [1.54, 1.807) is 0 Å². The summed E-state index contributed by atoms with van der Waals surface area (Å²) in [7, 11) is 0. The fourth-order valence-corrected chi connectivity index (χ4v) is 3.18.